The van der Waals surface area contributed by atoms with Crippen molar-refractivity contribution in [2.45, 2.75) is 117 Å². The van der Waals surface area contributed by atoms with Crippen LogP contribution in [0.4, 0.5) is 48.5 Å². The molecule has 6 atom stereocenters. The van der Waals surface area contributed by atoms with Crippen molar-refractivity contribution < 1.29 is 43.9 Å². The van der Waals surface area contributed by atoms with Gasteiger partial charge in [0.2, 0.25) is 0 Å². The highest BCUT2D eigenvalue weighted by Gasteiger charge is 2.50. The third-order valence-electron chi connectivity index (χ3n) is 14.3. The van der Waals surface area contributed by atoms with Crippen LogP contribution in [0.2, 0.25) is 0 Å². The van der Waals surface area contributed by atoms with Gasteiger partial charge in [-0.15, -0.1) is 0 Å². The lowest BCUT2D eigenvalue weighted by Crippen LogP contribution is -2.50. The predicted molar refractivity (Wildman–Crippen MR) is 278 cm³/mol. The van der Waals surface area contributed by atoms with Crippen LogP contribution < -0.4 is 31.9 Å². The number of benzene rings is 3. The Morgan fingerprint density at radius 1 is 0.563 bits per heavy atom. The number of carbonyl (C=O) groups excluding carboxylic acids is 3. The summed E-state index contributed by atoms with van der Waals surface area (Å²) in [6.07, 6.45) is 2.43. The second-order valence-corrected chi connectivity index (χ2v) is 23.6. The molecule has 18 nitrogen and oxygen atoms in total. The molecular weight excluding hydrogens is 907 g/mol. The molecule has 0 aromatic heterocycles. The van der Waals surface area contributed by atoms with E-state index in [-0.39, 0.29) is 53.0 Å². The second-order valence-electron chi connectivity index (χ2n) is 23.6. The molecule has 3 aromatic carbocycles. The van der Waals surface area contributed by atoms with Gasteiger partial charge in [0.05, 0.1) is 29.1 Å². The van der Waals surface area contributed by atoms with Gasteiger partial charge in [-0.25, -0.2) is 14.4 Å². The van der Waals surface area contributed by atoms with Crippen molar-refractivity contribution in [3.63, 3.8) is 0 Å². The number of phenolic OH excluding ortho intramolecular Hbond substituents is 3. The van der Waals surface area contributed by atoms with E-state index in [0.717, 1.165) is 88.7 Å². The third kappa shape index (κ3) is 12.6. The maximum absolute atomic E-state index is 12.5. The molecule has 0 aliphatic carbocycles. The molecule has 3 amide bonds. The largest absolute Gasteiger partial charge is 0.506 e. The number of phenols is 3. The van der Waals surface area contributed by atoms with Gasteiger partial charge in [-0.3, -0.25) is 0 Å². The number of likely N-dealkylation sites (tertiary alicyclic amines) is 3. The van der Waals surface area contributed by atoms with Crippen molar-refractivity contribution in [1.82, 2.24) is 14.7 Å². The van der Waals surface area contributed by atoms with Gasteiger partial charge < -0.3 is 76.1 Å². The van der Waals surface area contributed by atoms with E-state index in [1.165, 1.54) is 0 Å². The van der Waals surface area contributed by atoms with Gasteiger partial charge in [0.25, 0.3) is 0 Å². The number of carbonyl (C=O) groups is 3. The summed E-state index contributed by atoms with van der Waals surface area (Å²) in [5, 5.41) is 29.5. The van der Waals surface area contributed by atoms with Crippen LogP contribution in [-0.2, 0) is 14.2 Å². The Morgan fingerprint density at radius 3 is 1.49 bits per heavy atom. The first kappa shape index (κ1) is 52.5. The molecule has 9 N–H and O–H groups in total. The van der Waals surface area contributed by atoms with Crippen molar-refractivity contribution >= 4 is 52.4 Å². The molecule has 6 fully saturated rings. The van der Waals surface area contributed by atoms with E-state index in [1.54, 1.807) is 36.4 Å². The molecule has 6 saturated heterocycles. The lowest BCUT2D eigenvalue weighted by molar-refractivity contribution is 0.0225. The number of amides is 3. The summed E-state index contributed by atoms with van der Waals surface area (Å²) >= 11 is 0. The number of anilines is 6. The summed E-state index contributed by atoms with van der Waals surface area (Å²) in [5.74, 6) is 1.66. The fourth-order valence-electron chi connectivity index (χ4n) is 10.9. The van der Waals surface area contributed by atoms with Crippen molar-refractivity contribution in [3.8, 4) is 17.2 Å². The Morgan fingerprint density at radius 2 is 1.00 bits per heavy atom. The Labute approximate surface area is 419 Å². The number of aromatic hydroxyl groups is 3. The maximum atomic E-state index is 12.5. The molecule has 0 radical (unpaired) electrons. The van der Waals surface area contributed by atoms with Gasteiger partial charge >= 0.3 is 18.3 Å². The van der Waals surface area contributed by atoms with E-state index in [0.29, 0.717) is 47.9 Å². The zero-order chi connectivity index (χ0) is 52.0. The highest BCUT2D eigenvalue weighted by Crippen LogP contribution is 2.45. The molecule has 3 aromatic rings. The summed E-state index contributed by atoms with van der Waals surface area (Å²) in [7, 11) is 0. The number of nitrogen functional groups attached to an aromatic ring is 3. The number of fused-ring (bicyclic) bond motifs is 3. The molecule has 18 heteroatoms. The Bertz CT molecular complexity index is 2400. The fraction of sp³-hybridized carbons (Fsp3) is 0.604. The molecule has 0 bridgehead atoms. The molecule has 71 heavy (non-hydrogen) atoms. The minimum atomic E-state index is -0.492. The SMILES string of the molecule is CC(C)(C)OC(=O)N1CC[C@@H]2CN(c3ccc(N)c(O)c3)C[C@@H]21.CC(C)(C)OC(=O)N1C[C@@H]2CN(c3ccc(N)c(O)c3)C[C@@H]2C1.CC(C)(C)OC(=O)N1C[C@H]2N(c3ccc(N)c(O)c3)CCC[C@@]2(C)C1. The quantitative estimate of drug-likeness (QED) is 0.0831. The van der Waals surface area contributed by atoms with Crippen molar-refractivity contribution in [2.75, 3.05) is 97.3 Å². The molecular formula is C53H79N9O9. The highest BCUT2D eigenvalue weighted by molar-refractivity contribution is 5.71. The van der Waals surface area contributed by atoms with Gasteiger partial charge in [0, 0.05) is 124 Å². The number of nitrogens with zero attached hydrogens (tertiary/aromatic N) is 6. The highest BCUT2D eigenvalue weighted by atomic mass is 16.6. The maximum Gasteiger partial charge on any atom is 0.410 e. The molecule has 6 aliphatic heterocycles. The monoisotopic (exact) mass is 986 g/mol. The number of ether oxygens (including phenoxy) is 3. The molecule has 0 saturated carbocycles. The summed E-state index contributed by atoms with van der Waals surface area (Å²) < 4.78 is 16.5. The van der Waals surface area contributed by atoms with Crippen molar-refractivity contribution in [1.29, 1.82) is 0 Å². The Hall–Kier alpha value is -6.33. The normalized spacial score (nSPS) is 24.8. The van der Waals surface area contributed by atoms with Crippen LogP contribution in [0.5, 0.6) is 17.2 Å². The van der Waals surface area contributed by atoms with Crippen molar-refractivity contribution in [2.24, 2.45) is 23.2 Å². The van der Waals surface area contributed by atoms with Crippen LogP contribution in [0.3, 0.4) is 0 Å². The predicted octanol–water partition coefficient (Wildman–Crippen LogP) is 7.90. The zero-order valence-electron chi connectivity index (χ0n) is 43.5. The number of rotatable bonds is 3. The lowest BCUT2D eigenvalue weighted by atomic mass is 9.77. The van der Waals surface area contributed by atoms with Crippen LogP contribution in [0.15, 0.2) is 54.6 Å². The minimum Gasteiger partial charge on any atom is -0.506 e. The molecule has 6 aliphatic rings. The summed E-state index contributed by atoms with van der Waals surface area (Å²) in [5.41, 5.74) is 19.7. The van der Waals surface area contributed by atoms with E-state index >= 15 is 0 Å². The van der Waals surface area contributed by atoms with Gasteiger partial charge in [0.15, 0.2) is 0 Å². The molecule has 390 valence electrons. The number of hydrogen-bond donors (Lipinski definition) is 6. The van der Waals surface area contributed by atoms with E-state index in [2.05, 4.69) is 21.6 Å². The lowest BCUT2D eigenvalue weighted by Gasteiger charge is -2.44. The van der Waals surface area contributed by atoms with Gasteiger partial charge in [-0.2, -0.15) is 0 Å². The summed E-state index contributed by atoms with van der Waals surface area (Å²) in [6.45, 7) is 27.1. The topological polar surface area (TPSA) is 237 Å². The standard InChI is InChI=1S/C19H29N3O3.2C17H25N3O3/c1-18(2,3)25-17(24)21-11-16-19(4,12-21)8-5-9-22(16)13-6-7-14(20)15(23)10-13;1-17(2,3)23-16(22)20-9-11-7-19(8-12(11)10-20)13-4-5-14(18)15(21)6-13;1-17(2,3)23-16(22)20-7-6-11-9-19(10-14(11)20)12-4-5-13(18)15(21)8-12/h6-7,10,16,23H,5,8-9,11-12,20H2,1-4H3;4-6,11-12,21H,7-10,18H2,1-3H3;4-5,8,11,14,21H,6-7,9-10,18H2,1-3H3/t16-,19+;11-,12+;11-,14+/m1.1/s1. The summed E-state index contributed by atoms with van der Waals surface area (Å²) in [4.78, 5) is 49.3. The van der Waals surface area contributed by atoms with Gasteiger partial charge in [-0.1, -0.05) is 6.92 Å². The first-order valence-electron chi connectivity index (χ1n) is 25.0. The van der Waals surface area contributed by atoms with E-state index in [1.807, 2.05) is 95.2 Å². The van der Waals surface area contributed by atoms with E-state index in [9.17, 15) is 29.7 Å². The smallest absolute Gasteiger partial charge is 0.410 e. The van der Waals surface area contributed by atoms with Gasteiger partial charge in [-0.05, 0) is 118 Å². The average Bonchev–Trinajstić information content (AvgIpc) is 4.09. The average molecular weight is 986 g/mol. The molecule has 0 unspecified atom stereocenters. The number of nitrogens with two attached hydrogens (primary N) is 3. The van der Waals surface area contributed by atoms with Crippen LogP contribution in [0.25, 0.3) is 0 Å². The molecule has 0 spiro atoms. The molecule has 9 rings (SSSR count). The van der Waals surface area contributed by atoms with E-state index < -0.39 is 16.8 Å². The van der Waals surface area contributed by atoms with E-state index in [4.69, 9.17) is 31.4 Å². The van der Waals surface area contributed by atoms with Crippen LogP contribution in [-0.4, -0.2) is 143 Å². The van der Waals surface area contributed by atoms with Gasteiger partial charge in [0.1, 0.15) is 34.1 Å². The zero-order valence-corrected chi connectivity index (χ0v) is 43.5. The number of piperidine rings is 1. The molecule has 6 heterocycles. The first-order valence-corrected chi connectivity index (χ1v) is 25.0. The number of hydrogen-bond acceptors (Lipinski definition) is 15. The van der Waals surface area contributed by atoms with Crippen molar-refractivity contribution in [3.05, 3.63) is 54.6 Å². The Balaban J connectivity index is 0.000000157. The fourth-order valence-corrected chi connectivity index (χ4v) is 10.9. The van der Waals surface area contributed by atoms with Crippen LogP contribution in [0.1, 0.15) is 88.5 Å². The minimum absolute atomic E-state index is 0.0200. The van der Waals surface area contributed by atoms with Crippen LogP contribution in [0, 0.1) is 23.2 Å². The first-order chi connectivity index (χ1) is 33.1. The van der Waals surface area contributed by atoms with Crippen LogP contribution >= 0.6 is 0 Å². The summed E-state index contributed by atoms with van der Waals surface area (Å²) in [6, 6.07) is 16.5. The Kier molecular flexibility index (Phi) is 14.8. The second kappa shape index (κ2) is 20.1. The third-order valence-corrected chi connectivity index (χ3v) is 14.3.